The average molecular weight is 403 g/mol. The first-order valence-electron chi connectivity index (χ1n) is 9.46. The molecule has 0 aliphatic carbocycles. The van der Waals surface area contributed by atoms with Crippen molar-refractivity contribution in [2.75, 3.05) is 33.4 Å². The maximum Gasteiger partial charge on any atom is 0.490 e. The first-order chi connectivity index (χ1) is 13.3. The number of carboxylic acids is 1. The fourth-order valence-corrected chi connectivity index (χ4v) is 3.94. The minimum atomic E-state index is -5.08. The molecule has 1 unspecified atom stereocenters. The first kappa shape index (κ1) is 22.6. The number of alkyl halides is 3. The maximum absolute atomic E-state index is 10.6. The molecule has 2 saturated heterocycles. The lowest BCUT2D eigenvalue weighted by Crippen LogP contribution is -2.47. The third-order valence-corrected chi connectivity index (χ3v) is 5.46. The second-order valence-corrected chi connectivity index (χ2v) is 7.24. The molecule has 0 aromatic heterocycles. The van der Waals surface area contributed by atoms with E-state index >= 15 is 0 Å². The van der Waals surface area contributed by atoms with E-state index in [1.165, 1.54) is 24.8 Å². The molecule has 3 rings (SSSR count). The summed E-state index contributed by atoms with van der Waals surface area (Å²) < 4.78 is 43.2. The van der Waals surface area contributed by atoms with Crippen molar-refractivity contribution >= 4 is 5.97 Å². The van der Waals surface area contributed by atoms with Gasteiger partial charge in [-0.25, -0.2) is 4.79 Å². The molecule has 1 atom stereocenters. The number of nitrogens with zero attached hydrogens (tertiary/aromatic N) is 1. The van der Waals surface area contributed by atoms with Crippen molar-refractivity contribution in [3.63, 3.8) is 0 Å². The molecule has 5 nitrogen and oxygen atoms in total. The van der Waals surface area contributed by atoms with Gasteiger partial charge in [-0.2, -0.15) is 13.2 Å². The molecule has 2 fully saturated rings. The summed E-state index contributed by atoms with van der Waals surface area (Å²) in [5, 5.41) is 7.12. The Kier molecular flexibility index (Phi) is 8.27. The summed E-state index contributed by atoms with van der Waals surface area (Å²) in [7, 11) is 1.80. The zero-order chi connectivity index (χ0) is 20.6. The second kappa shape index (κ2) is 10.2. The molecule has 28 heavy (non-hydrogen) atoms. The van der Waals surface area contributed by atoms with Gasteiger partial charge in [-0.15, -0.1) is 0 Å². The maximum atomic E-state index is 10.6. The molecule has 0 saturated carbocycles. The zero-order valence-electron chi connectivity index (χ0n) is 16.1. The summed E-state index contributed by atoms with van der Waals surface area (Å²) >= 11 is 0. The van der Waals surface area contributed by atoms with Gasteiger partial charge in [0, 0.05) is 40.0 Å². The van der Waals surface area contributed by atoms with Crippen LogP contribution in [0.25, 0.3) is 0 Å². The minimum absolute atomic E-state index is 0.145. The van der Waals surface area contributed by atoms with Crippen molar-refractivity contribution in [2.24, 2.45) is 5.92 Å². The number of carbonyl (C=O) groups is 1. The third-order valence-electron chi connectivity index (χ3n) is 5.46. The van der Waals surface area contributed by atoms with Gasteiger partial charge >= 0.3 is 12.1 Å². The molecule has 0 radical (unpaired) electrons. The molecule has 1 aromatic rings. The van der Waals surface area contributed by atoms with Crippen LogP contribution in [0, 0.1) is 5.92 Å². The predicted molar refractivity (Wildman–Crippen MR) is 97.9 cm³/mol. The summed E-state index contributed by atoms with van der Waals surface area (Å²) in [6.07, 6.45) is -0.375. The minimum Gasteiger partial charge on any atom is -0.475 e. The molecule has 1 N–H and O–H groups in total. The van der Waals surface area contributed by atoms with E-state index < -0.39 is 12.1 Å². The summed E-state index contributed by atoms with van der Waals surface area (Å²) in [6.45, 7) is 5.17. The second-order valence-electron chi connectivity index (χ2n) is 7.24. The molecule has 1 aromatic carbocycles. The summed E-state index contributed by atoms with van der Waals surface area (Å²) in [6, 6.07) is 10.8. The van der Waals surface area contributed by atoms with Gasteiger partial charge in [0.05, 0.1) is 5.60 Å². The SMILES string of the molecule is COCCC1CCOC12CCN(Cc1ccccc1)CC2.O=C(O)C(F)(F)F. The lowest BCUT2D eigenvalue weighted by atomic mass is 9.78. The smallest absolute Gasteiger partial charge is 0.475 e. The van der Waals surface area contributed by atoms with Crippen molar-refractivity contribution in [3.8, 4) is 0 Å². The third kappa shape index (κ3) is 6.46. The fourth-order valence-electron chi connectivity index (χ4n) is 3.94. The molecular weight excluding hydrogens is 375 g/mol. The number of piperidine rings is 1. The topological polar surface area (TPSA) is 59.0 Å². The largest absolute Gasteiger partial charge is 0.490 e. The Labute approximate surface area is 163 Å². The van der Waals surface area contributed by atoms with Gasteiger partial charge in [0.1, 0.15) is 0 Å². The fraction of sp³-hybridized carbons (Fsp3) is 0.650. The molecule has 2 aliphatic heterocycles. The molecule has 8 heteroatoms. The van der Waals surface area contributed by atoms with Crippen LogP contribution < -0.4 is 0 Å². The molecule has 0 bridgehead atoms. The van der Waals surface area contributed by atoms with Gasteiger partial charge in [-0.1, -0.05) is 30.3 Å². The van der Waals surface area contributed by atoms with E-state index in [4.69, 9.17) is 19.4 Å². The Bertz CT molecular complexity index is 601. The van der Waals surface area contributed by atoms with Crippen LogP contribution in [0.2, 0.25) is 0 Å². The molecule has 158 valence electrons. The van der Waals surface area contributed by atoms with Crippen LogP contribution in [0.3, 0.4) is 0 Å². The molecular formula is C20H28F3NO4. The molecule has 2 aliphatic rings. The van der Waals surface area contributed by atoms with E-state index in [0.717, 1.165) is 39.3 Å². The standard InChI is InChI=1S/C18H27NO2.C2HF3O2/c1-20-13-7-17-8-14-21-18(17)9-11-19(12-10-18)15-16-5-3-2-4-6-16;3-2(4,5)1(6)7/h2-6,17H,7-15H2,1H3;(H,6,7). The molecule has 2 heterocycles. The Hall–Kier alpha value is -1.64. The van der Waals surface area contributed by atoms with Gasteiger partial charge in [-0.3, -0.25) is 4.90 Å². The Balaban J connectivity index is 0.000000345. The number of halogens is 3. The Morgan fingerprint density at radius 1 is 1.29 bits per heavy atom. The summed E-state index contributed by atoms with van der Waals surface area (Å²) in [5.74, 6) is -2.07. The lowest BCUT2D eigenvalue weighted by molar-refractivity contribution is -0.192. The summed E-state index contributed by atoms with van der Waals surface area (Å²) in [4.78, 5) is 11.5. The van der Waals surface area contributed by atoms with Gasteiger partial charge < -0.3 is 14.6 Å². The van der Waals surface area contributed by atoms with Gasteiger partial charge in [0.2, 0.25) is 0 Å². The van der Waals surface area contributed by atoms with Crippen LogP contribution in [-0.2, 0) is 20.8 Å². The van der Waals surface area contributed by atoms with Crippen LogP contribution in [0.15, 0.2) is 30.3 Å². The number of hydrogen-bond acceptors (Lipinski definition) is 4. The number of hydrogen-bond donors (Lipinski definition) is 1. The first-order valence-corrected chi connectivity index (χ1v) is 9.46. The monoisotopic (exact) mass is 403 g/mol. The van der Waals surface area contributed by atoms with Crippen molar-refractivity contribution in [1.82, 2.24) is 4.90 Å². The van der Waals surface area contributed by atoms with Gasteiger partial charge in [-0.05, 0) is 37.2 Å². The van der Waals surface area contributed by atoms with Crippen molar-refractivity contribution in [1.29, 1.82) is 0 Å². The number of likely N-dealkylation sites (tertiary alicyclic amines) is 1. The lowest BCUT2D eigenvalue weighted by Gasteiger charge is -2.42. The van der Waals surface area contributed by atoms with E-state index in [9.17, 15) is 13.2 Å². The van der Waals surface area contributed by atoms with Gasteiger partial charge in [0.15, 0.2) is 0 Å². The average Bonchev–Trinajstić information content (AvgIpc) is 3.05. The van der Waals surface area contributed by atoms with Crippen molar-refractivity contribution in [3.05, 3.63) is 35.9 Å². The molecule has 1 spiro atoms. The van der Waals surface area contributed by atoms with Crippen LogP contribution >= 0.6 is 0 Å². The highest BCUT2D eigenvalue weighted by atomic mass is 19.4. The van der Waals surface area contributed by atoms with Crippen LogP contribution in [-0.4, -0.2) is 61.2 Å². The normalized spacial score (nSPS) is 21.9. The van der Waals surface area contributed by atoms with E-state index in [2.05, 4.69) is 35.2 Å². The van der Waals surface area contributed by atoms with E-state index in [-0.39, 0.29) is 5.60 Å². The Morgan fingerprint density at radius 2 is 1.89 bits per heavy atom. The number of benzene rings is 1. The van der Waals surface area contributed by atoms with Crippen LogP contribution in [0.1, 0.15) is 31.2 Å². The summed E-state index contributed by atoms with van der Waals surface area (Å²) in [5.41, 5.74) is 1.56. The van der Waals surface area contributed by atoms with Crippen molar-refractivity contribution < 1.29 is 32.5 Å². The van der Waals surface area contributed by atoms with Crippen LogP contribution in [0.4, 0.5) is 13.2 Å². The quantitative estimate of drug-likeness (QED) is 0.812. The number of ether oxygens (including phenoxy) is 2. The number of rotatable bonds is 5. The highest BCUT2D eigenvalue weighted by Crippen LogP contribution is 2.42. The zero-order valence-corrected chi connectivity index (χ0v) is 16.1. The Morgan fingerprint density at radius 3 is 2.43 bits per heavy atom. The van der Waals surface area contributed by atoms with Gasteiger partial charge in [0.25, 0.3) is 0 Å². The highest BCUT2D eigenvalue weighted by molar-refractivity contribution is 5.73. The number of carboxylic acid groups (broad SMARTS) is 1. The van der Waals surface area contributed by atoms with E-state index in [1.807, 2.05) is 0 Å². The predicted octanol–water partition coefficient (Wildman–Crippen LogP) is 3.73. The van der Waals surface area contributed by atoms with E-state index in [0.29, 0.717) is 5.92 Å². The molecule has 0 amide bonds. The van der Waals surface area contributed by atoms with Crippen LogP contribution in [0.5, 0.6) is 0 Å². The van der Waals surface area contributed by atoms with Crippen molar-refractivity contribution in [2.45, 2.75) is 44.0 Å². The van der Waals surface area contributed by atoms with E-state index in [1.54, 1.807) is 7.11 Å². The number of aliphatic carboxylic acids is 1. The highest BCUT2D eigenvalue weighted by Gasteiger charge is 2.45. The number of methoxy groups -OCH3 is 1.